The average Bonchev–Trinajstić information content (AvgIpc) is 3.31. The number of aliphatic hydroxyl groups is 1. The number of hydrogen-bond donors (Lipinski definition) is 3. The molecule has 1 aliphatic heterocycles. The Labute approximate surface area is 212 Å². The number of nitrogens with one attached hydrogen (secondary N) is 1. The molecule has 1 saturated heterocycles. The van der Waals surface area contributed by atoms with Crippen LogP contribution in [0.4, 0.5) is 5.69 Å². The summed E-state index contributed by atoms with van der Waals surface area (Å²) >= 11 is 1.56. The monoisotopic (exact) mass is 512 g/mol. The van der Waals surface area contributed by atoms with Gasteiger partial charge < -0.3 is 29.6 Å². The maximum Gasteiger partial charge on any atom is 0.303 e. The van der Waals surface area contributed by atoms with E-state index in [1.165, 1.54) is 0 Å². The predicted octanol–water partition coefficient (Wildman–Crippen LogP) is 3.45. The van der Waals surface area contributed by atoms with E-state index in [1.54, 1.807) is 30.2 Å². The van der Waals surface area contributed by atoms with Gasteiger partial charge in [0.1, 0.15) is 6.33 Å². The summed E-state index contributed by atoms with van der Waals surface area (Å²) in [7, 11) is 1.89. The van der Waals surface area contributed by atoms with Crippen molar-refractivity contribution in [2.75, 3.05) is 11.1 Å². The van der Waals surface area contributed by atoms with Gasteiger partial charge >= 0.3 is 5.97 Å². The second kappa shape index (κ2) is 12.1. The zero-order valence-corrected chi connectivity index (χ0v) is 20.6. The first-order valence-corrected chi connectivity index (χ1v) is 12.5. The molecule has 11 heteroatoms. The number of carboxylic acids is 1. The molecule has 1 fully saturated rings. The molecular formula is C25H28N4O6S. The minimum atomic E-state index is -1.01. The van der Waals surface area contributed by atoms with Crippen molar-refractivity contribution >= 4 is 29.3 Å². The van der Waals surface area contributed by atoms with E-state index in [9.17, 15) is 14.7 Å². The lowest BCUT2D eigenvalue weighted by molar-refractivity contribution is -0.245. The van der Waals surface area contributed by atoms with E-state index >= 15 is 0 Å². The Morgan fingerprint density at radius 1 is 1.08 bits per heavy atom. The first-order chi connectivity index (χ1) is 17.4. The lowest BCUT2D eigenvalue weighted by Gasteiger charge is -2.36. The third kappa shape index (κ3) is 6.91. The van der Waals surface area contributed by atoms with Gasteiger partial charge in [0.15, 0.2) is 11.4 Å². The van der Waals surface area contributed by atoms with Gasteiger partial charge in [0.2, 0.25) is 5.91 Å². The van der Waals surface area contributed by atoms with Crippen LogP contribution in [0.3, 0.4) is 0 Å². The number of thioether (sulfide) groups is 1. The summed E-state index contributed by atoms with van der Waals surface area (Å²) < 4.78 is 14.5. The highest BCUT2D eigenvalue weighted by molar-refractivity contribution is 7.99. The van der Waals surface area contributed by atoms with Crippen molar-refractivity contribution in [3.05, 3.63) is 71.5 Å². The van der Waals surface area contributed by atoms with Crippen LogP contribution in [0.15, 0.2) is 60.0 Å². The molecule has 10 nitrogen and oxygen atoms in total. The van der Waals surface area contributed by atoms with E-state index in [4.69, 9.17) is 14.6 Å². The van der Waals surface area contributed by atoms with E-state index in [2.05, 4.69) is 15.5 Å². The second-order valence-corrected chi connectivity index (χ2v) is 9.44. The molecule has 2 heterocycles. The Bertz CT molecular complexity index is 1170. The number of aromatic nitrogens is 3. The SMILES string of the molecule is Cn1cnnc1SC[C@H]1C[C@@H](c2ccc(CO)cc2)O[C@@H](c2ccc(NC(=O)CCC(=O)O)cc2)O1. The molecule has 3 aromatic rings. The van der Waals surface area contributed by atoms with Crippen LogP contribution in [0.25, 0.3) is 0 Å². The number of nitrogens with zero attached hydrogens (tertiary/aromatic N) is 3. The average molecular weight is 513 g/mol. The Kier molecular flexibility index (Phi) is 8.70. The molecule has 1 amide bonds. The first-order valence-electron chi connectivity index (χ1n) is 11.5. The fourth-order valence-corrected chi connectivity index (χ4v) is 4.67. The number of anilines is 1. The highest BCUT2D eigenvalue weighted by Crippen LogP contribution is 2.39. The van der Waals surface area contributed by atoms with E-state index in [-0.39, 0.29) is 37.6 Å². The second-order valence-electron chi connectivity index (χ2n) is 8.45. The molecule has 0 spiro atoms. The van der Waals surface area contributed by atoms with Gasteiger partial charge in [-0.05, 0) is 23.3 Å². The molecule has 0 radical (unpaired) electrons. The standard InChI is InChI=1S/C25H28N4O6S/c1-29-15-26-28-25(29)36-14-20-12-21(17-4-2-16(13-30)3-5-17)35-24(34-20)18-6-8-19(9-7-18)27-22(31)10-11-23(32)33/h2-9,15,20-21,24,30H,10-14H2,1H3,(H,27,31)(H,32,33)/t20-,21+,24+/m1/s1. The number of carbonyl (C=O) groups excluding carboxylic acids is 1. The zero-order valence-electron chi connectivity index (χ0n) is 19.7. The van der Waals surface area contributed by atoms with Crippen molar-refractivity contribution in [2.45, 2.75) is 49.5 Å². The van der Waals surface area contributed by atoms with Crippen LogP contribution < -0.4 is 5.32 Å². The summed E-state index contributed by atoms with van der Waals surface area (Å²) in [6.45, 7) is -0.0201. The van der Waals surface area contributed by atoms with Crippen LogP contribution in [0.1, 0.15) is 48.3 Å². The van der Waals surface area contributed by atoms with Crippen LogP contribution in [0, 0.1) is 0 Å². The third-order valence-electron chi connectivity index (χ3n) is 5.72. The summed E-state index contributed by atoms with van der Waals surface area (Å²) in [5.74, 6) is -0.711. The Hall–Kier alpha value is -3.25. The van der Waals surface area contributed by atoms with E-state index < -0.39 is 12.3 Å². The van der Waals surface area contributed by atoms with Gasteiger partial charge in [-0.2, -0.15) is 0 Å². The van der Waals surface area contributed by atoms with E-state index in [0.717, 1.165) is 21.8 Å². The fourth-order valence-electron chi connectivity index (χ4n) is 3.76. The number of amides is 1. The molecule has 2 aromatic carbocycles. The van der Waals surface area contributed by atoms with Crippen molar-refractivity contribution < 1.29 is 29.3 Å². The van der Waals surface area contributed by atoms with Gasteiger partial charge in [-0.25, -0.2) is 0 Å². The predicted molar refractivity (Wildman–Crippen MR) is 132 cm³/mol. The van der Waals surface area contributed by atoms with Crippen LogP contribution in [-0.2, 0) is 32.7 Å². The summed E-state index contributed by atoms with van der Waals surface area (Å²) in [6.07, 6.45) is 1.04. The molecule has 0 bridgehead atoms. The molecule has 190 valence electrons. The number of aliphatic carboxylic acids is 1. The van der Waals surface area contributed by atoms with Crippen LogP contribution >= 0.6 is 11.8 Å². The molecule has 3 atom stereocenters. The maximum absolute atomic E-state index is 11.9. The Morgan fingerprint density at radius 2 is 1.81 bits per heavy atom. The smallest absolute Gasteiger partial charge is 0.303 e. The molecule has 0 aliphatic carbocycles. The van der Waals surface area contributed by atoms with Gasteiger partial charge in [0.05, 0.1) is 25.2 Å². The van der Waals surface area contributed by atoms with Crippen molar-refractivity contribution in [1.29, 1.82) is 0 Å². The topological polar surface area (TPSA) is 136 Å². The van der Waals surface area contributed by atoms with E-state index in [0.29, 0.717) is 17.9 Å². The third-order valence-corrected chi connectivity index (χ3v) is 6.88. The quantitative estimate of drug-likeness (QED) is 0.349. The van der Waals surface area contributed by atoms with Gasteiger partial charge in [-0.1, -0.05) is 48.2 Å². The highest BCUT2D eigenvalue weighted by Gasteiger charge is 2.32. The van der Waals surface area contributed by atoms with Crippen molar-refractivity contribution in [1.82, 2.24) is 14.8 Å². The minimum Gasteiger partial charge on any atom is -0.481 e. The number of rotatable bonds is 10. The van der Waals surface area contributed by atoms with Gasteiger partial charge in [-0.15, -0.1) is 10.2 Å². The summed E-state index contributed by atoms with van der Waals surface area (Å²) in [5, 5.41) is 29.7. The van der Waals surface area contributed by atoms with Crippen LogP contribution in [0.2, 0.25) is 0 Å². The summed E-state index contributed by atoms with van der Waals surface area (Å²) in [5.41, 5.74) is 3.19. The van der Waals surface area contributed by atoms with Crippen LogP contribution in [0.5, 0.6) is 0 Å². The fraction of sp³-hybridized carbons (Fsp3) is 0.360. The number of hydrogen-bond acceptors (Lipinski definition) is 8. The summed E-state index contributed by atoms with van der Waals surface area (Å²) in [4.78, 5) is 22.6. The Morgan fingerprint density at radius 3 is 2.44 bits per heavy atom. The number of carboxylic acid groups (broad SMARTS) is 1. The van der Waals surface area contributed by atoms with Crippen molar-refractivity contribution in [3.63, 3.8) is 0 Å². The van der Waals surface area contributed by atoms with Gasteiger partial charge in [0, 0.05) is 36.9 Å². The number of aryl methyl sites for hydroxylation is 1. The molecule has 1 aromatic heterocycles. The lowest BCUT2D eigenvalue weighted by atomic mass is 10.0. The first kappa shape index (κ1) is 25.8. The van der Waals surface area contributed by atoms with Gasteiger partial charge in [0.25, 0.3) is 0 Å². The Balaban J connectivity index is 1.47. The van der Waals surface area contributed by atoms with Gasteiger partial charge in [-0.3, -0.25) is 9.59 Å². The molecule has 4 rings (SSSR count). The highest BCUT2D eigenvalue weighted by atomic mass is 32.2. The maximum atomic E-state index is 11.9. The molecule has 1 aliphatic rings. The normalized spacial score (nSPS) is 19.7. The van der Waals surface area contributed by atoms with Crippen LogP contribution in [-0.4, -0.2) is 48.7 Å². The molecule has 3 N–H and O–H groups in total. The number of ether oxygens (including phenoxy) is 2. The number of carbonyl (C=O) groups is 2. The molecular weight excluding hydrogens is 484 g/mol. The molecule has 0 saturated carbocycles. The molecule has 0 unspecified atom stereocenters. The largest absolute Gasteiger partial charge is 0.481 e. The summed E-state index contributed by atoms with van der Waals surface area (Å²) in [6, 6.07) is 14.8. The van der Waals surface area contributed by atoms with E-state index in [1.807, 2.05) is 48.0 Å². The number of benzene rings is 2. The van der Waals surface area contributed by atoms with Crippen molar-refractivity contribution in [3.8, 4) is 0 Å². The zero-order chi connectivity index (χ0) is 25.5. The lowest BCUT2D eigenvalue weighted by Crippen LogP contribution is -2.31. The molecule has 36 heavy (non-hydrogen) atoms. The van der Waals surface area contributed by atoms with Crippen molar-refractivity contribution in [2.24, 2.45) is 7.05 Å². The number of aliphatic hydroxyl groups excluding tert-OH is 1. The minimum absolute atomic E-state index is 0.0201.